The Morgan fingerprint density at radius 2 is 1.96 bits per heavy atom. The Hall–Kier alpha value is -1.75. The topological polar surface area (TPSA) is 47.6 Å². The van der Waals surface area contributed by atoms with E-state index >= 15 is 0 Å². The van der Waals surface area contributed by atoms with Crippen LogP contribution in [0.4, 0.5) is 0 Å². The van der Waals surface area contributed by atoms with Gasteiger partial charge in [0.1, 0.15) is 12.4 Å². The molecule has 0 spiro atoms. The maximum absolute atomic E-state index is 12.3. The largest absolute Gasteiger partial charge is 0.491 e. The van der Waals surface area contributed by atoms with Crippen molar-refractivity contribution >= 4 is 29.1 Å². The van der Waals surface area contributed by atoms with E-state index in [9.17, 15) is 4.79 Å². The molecule has 0 saturated carbocycles. The summed E-state index contributed by atoms with van der Waals surface area (Å²) in [6.07, 6.45) is 0. The number of carbonyl (C=O) groups excluding carboxylic acids is 1. The summed E-state index contributed by atoms with van der Waals surface area (Å²) >= 11 is 12.0. The highest BCUT2D eigenvalue weighted by atomic mass is 35.5. The number of halogens is 2. The second kappa shape index (κ2) is 9.52. The van der Waals surface area contributed by atoms with Crippen molar-refractivity contribution in [1.82, 2.24) is 5.32 Å². The van der Waals surface area contributed by atoms with Crippen LogP contribution in [0.1, 0.15) is 22.8 Å². The number of amides is 1. The molecule has 0 unspecified atom stereocenters. The summed E-state index contributed by atoms with van der Waals surface area (Å²) in [7, 11) is 0. The summed E-state index contributed by atoms with van der Waals surface area (Å²) in [5.41, 5.74) is 1.33. The van der Waals surface area contributed by atoms with Crippen molar-refractivity contribution in [1.29, 1.82) is 0 Å². The fourth-order valence-corrected chi connectivity index (χ4v) is 2.51. The van der Waals surface area contributed by atoms with Crippen LogP contribution in [0, 0.1) is 0 Å². The van der Waals surface area contributed by atoms with Crippen LogP contribution < -0.4 is 10.1 Å². The molecule has 2 rings (SSSR count). The maximum atomic E-state index is 12.3. The number of benzene rings is 2. The Balaban J connectivity index is 1.92. The second-order valence-electron chi connectivity index (χ2n) is 4.99. The molecule has 2 aromatic rings. The standard InChI is InChI=1S/C18H19Cl2NO3/c1-2-23-8-9-24-16-5-3-4-13(10-16)18(22)21-12-14-6-7-15(19)11-17(14)20/h3-7,10-11H,2,8-9,12H2,1H3,(H,21,22). The molecule has 0 aliphatic rings. The van der Waals surface area contributed by atoms with Gasteiger partial charge in [-0.1, -0.05) is 35.3 Å². The van der Waals surface area contributed by atoms with Crippen molar-refractivity contribution in [3.8, 4) is 5.75 Å². The number of ether oxygens (including phenoxy) is 2. The first-order valence-electron chi connectivity index (χ1n) is 7.63. The lowest BCUT2D eigenvalue weighted by atomic mass is 10.2. The molecule has 128 valence electrons. The van der Waals surface area contributed by atoms with E-state index in [0.29, 0.717) is 47.7 Å². The molecule has 1 N–H and O–H groups in total. The van der Waals surface area contributed by atoms with Crippen molar-refractivity contribution in [2.24, 2.45) is 0 Å². The van der Waals surface area contributed by atoms with Crippen LogP contribution in [0.2, 0.25) is 10.0 Å². The van der Waals surface area contributed by atoms with E-state index in [-0.39, 0.29) is 5.91 Å². The molecule has 1 amide bonds. The van der Waals surface area contributed by atoms with E-state index in [1.807, 2.05) is 6.92 Å². The van der Waals surface area contributed by atoms with E-state index < -0.39 is 0 Å². The van der Waals surface area contributed by atoms with Gasteiger partial charge in [-0.05, 0) is 42.8 Å². The van der Waals surface area contributed by atoms with Gasteiger partial charge in [-0.15, -0.1) is 0 Å². The van der Waals surface area contributed by atoms with Crippen molar-refractivity contribution in [2.45, 2.75) is 13.5 Å². The molecule has 4 nitrogen and oxygen atoms in total. The van der Waals surface area contributed by atoms with Gasteiger partial charge in [-0.3, -0.25) is 4.79 Å². The van der Waals surface area contributed by atoms with Crippen LogP contribution in [0.5, 0.6) is 5.75 Å². The van der Waals surface area contributed by atoms with Crippen LogP contribution in [0.25, 0.3) is 0 Å². The minimum Gasteiger partial charge on any atom is -0.491 e. The quantitative estimate of drug-likeness (QED) is 0.706. The Morgan fingerprint density at radius 1 is 1.12 bits per heavy atom. The molecule has 0 aromatic heterocycles. The highest BCUT2D eigenvalue weighted by molar-refractivity contribution is 6.35. The average molecular weight is 368 g/mol. The lowest BCUT2D eigenvalue weighted by molar-refractivity contribution is 0.0949. The highest BCUT2D eigenvalue weighted by Crippen LogP contribution is 2.21. The van der Waals surface area contributed by atoms with Crippen molar-refractivity contribution < 1.29 is 14.3 Å². The molecule has 0 saturated heterocycles. The first-order valence-corrected chi connectivity index (χ1v) is 8.38. The minimum absolute atomic E-state index is 0.198. The highest BCUT2D eigenvalue weighted by Gasteiger charge is 2.08. The number of hydrogen-bond acceptors (Lipinski definition) is 3. The van der Waals surface area contributed by atoms with E-state index in [1.165, 1.54) is 0 Å². The molecule has 6 heteroatoms. The minimum atomic E-state index is -0.198. The molecule has 24 heavy (non-hydrogen) atoms. The molecule has 0 fully saturated rings. The lowest BCUT2D eigenvalue weighted by Crippen LogP contribution is -2.23. The third-order valence-corrected chi connectivity index (χ3v) is 3.84. The van der Waals surface area contributed by atoms with Gasteiger partial charge in [0.2, 0.25) is 0 Å². The Bertz CT molecular complexity index is 692. The van der Waals surface area contributed by atoms with Gasteiger partial charge >= 0.3 is 0 Å². The zero-order valence-electron chi connectivity index (χ0n) is 13.4. The molecular formula is C18H19Cl2NO3. The fraction of sp³-hybridized carbons (Fsp3) is 0.278. The first kappa shape index (κ1) is 18.6. The number of carbonyl (C=O) groups is 1. The smallest absolute Gasteiger partial charge is 0.251 e. The van der Waals surface area contributed by atoms with Crippen LogP contribution in [0.15, 0.2) is 42.5 Å². The number of hydrogen-bond donors (Lipinski definition) is 1. The van der Waals surface area contributed by atoms with Crippen molar-refractivity contribution in [2.75, 3.05) is 19.8 Å². The van der Waals surface area contributed by atoms with Gasteiger partial charge in [-0.2, -0.15) is 0 Å². The van der Waals surface area contributed by atoms with Gasteiger partial charge in [0.15, 0.2) is 0 Å². The first-order chi connectivity index (χ1) is 11.6. The van der Waals surface area contributed by atoms with Crippen LogP contribution in [-0.2, 0) is 11.3 Å². The van der Waals surface area contributed by atoms with Crippen molar-refractivity contribution in [3.63, 3.8) is 0 Å². The molecule has 0 aliphatic carbocycles. The van der Waals surface area contributed by atoms with E-state index in [4.69, 9.17) is 32.7 Å². The maximum Gasteiger partial charge on any atom is 0.251 e. The van der Waals surface area contributed by atoms with Gasteiger partial charge in [0.25, 0.3) is 5.91 Å². The fourth-order valence-electron chi connectivity index (χ4n) is 2.03. The molecule has 0 bridgehead atoms. The average Bonchev–Trinajstić information content (AvgIpc) is 2.58. The lowest BCUT2D eigenvalue weighted by Gasteiger charge is -2.10. The zero-order valence-corrected chi connectivity index (χ0v) is 14.9. The van der Waals surface area contributed by atoms with E-state index in [2.05, 4.69) is 5.32 Å². The molecule has 0 radical (unpaired) electrons. The molecule has 2 aromatic carbocycles. The predicted molar refractivity (Wildman–Crippen MR) is 96.1 cm³/mol. The summed E-state index contributed by atoms with van der Waals surface area (Å²) in [5, 5.41) is 3.92. The Labute approximate surface area is 151 Å². The summed E-state index contributed by atoms with van der Waals surface area (Å²) < 4.78 is 10.8. The molecule has 0 aliphatic heterocycles. The van der Waals surface area contributed by atoms with Gasteiger partial charge < -0.3 is 14.8 Å². The summed E-state index contributed by atoms with van der Waals surface area (Å²) in [4.78, 5) is 12.3. The number of nitrogens with one attached hydrogen (secondary N) is 1. The molecular weight excluding hydrogens is 349 g/mol. The SMILES string of the molecule is CCOCCOc1cccc(C(=O)NCc2ccc(Cl)cc2Cl)c1. The van der Waals surface area contributed by atoms with Crippen LogP contribution in [-0.4, -0.2) is 25.7 Å². The summed E-state index contributed by atoms with van der Waals surface area (Å²) in [6, 6.07) is 12.2. The molecule has 0 atom stereocenters. The van der Waals surface area contributed by atoms with Gasteiger partial charge in [0, 0.05) is 28.8 Å². The summed E-state index contributed by atoms with van der Waals surface area (Å²) in [6.45, 7) is 3.86. The molecule has 0 heterocycles. The van der Waals surface area contributed by atoms with E-state index in [0.717, 1.165) is 5.56 Å². The third-order valence-electron chi connectivity index (χ3n) is 3.25. The van der Waals surface area contributed by atoms with Crippen LogP contribution in [0.3, 0.4) is 0 Å². The summed E-state index contributed by atoms with van der Waals surface area (Å²) in [5.74, 6) is 0.433. The van der Waals surface area contributed by atoms with Crippen molar-refractivity contribution in [3.05, 3.63) is 63.6 Å². The van der Waals surface area contributed by atoms with Crippen LogP contribution >= 0.6 is 23.2 Å². The zero-order chi connectivity index (χ0) is 17.4. The van der Waals surface area contributed by atoms with E-state index in [1.54, 1.807) is 42.5 Å². The number of rotatable bonds is 8. The normalized spacial score (nSPS) is 10.5. The monoisotopic (exact) mass is 367 g/mol. The Morgan fingerprint density at radius 3 is 2.71 bits per heavy atom. The predicted octanol–water partition coefficient (Wildman–Crippen LogP) is 4.34. The van der Waals surface area contributed by atoms with Gasteiger partial charge in [0.05, 0.1) is 6.61 Å². The third kappa shape index (κ3) is 5.71. The Kier molecular flexibility index (Phi) is 7.37. The second-order valence-corrected chi connectivity index (χ2v) is 5.84. The van der Waals surface area contributed by atoms with Gasteiger partial charge in [-0.25, -0.2) is 0 Å².